The minimum Gasteiger partial charge on any atom is -0.493 e. The second-order valence-corrected chi connectivity index (χ2v) is 7.18. The van der Waals surface area contributed by atoms with Gasteiger partial charge in [-0.05, 0) is 33.1 Å². The highest BCUT2D eigenvalue weighted by molar-refractivity contribution is 9.10. The third-order valence-electron chi connectivity index (χ3n) is 4.86. The minimum absolute atomic E-state index is 0.106. The number of carbonyl (C=O) groups excluding carboxylic acids is 1. The summed E-state index contributed by atoms with van der Waals surface area (Å²) >= 11 is 3.26. The molecular weight excluding hydrogens is 439 g/mol. The number of fused-ring (bicyclic) bond motifs is 1. The lowest BCUT2D eigenvalue weighted by molar-refractivity contribution is -0.148. The first-order valence-corrected chi connectivity index (χ1v) is 9.33. The third-order valence-corrected chi connectivity index (χ3v) is 5.65. The van der Waals surface area contributed by atoms with Gasteiger partial charge in [0.2, 0.25) is 12.2 Å². The summed E-state index contributed by atoms with van der Waals surface area (Å²) in [7, 11) is 2.75. The normalized spacial score (nSPS) is 24.3. The summed E-state index contributed by atoms with van der Waals surface area (Å²) in [6, 6.07) is 9.87. The third kappa shape index (κ3) is 3.23. The summed E-state index contributed by atoms with van der Waals surface area (Å²) in [6.45, 7) is 1.01. The molecule has 1 aliphatic rings. The predicted molar refractivity (Wildman–Crippen MR) is 102 cm³/mol. The van der Waals surface area contributed by atoms with Crippen LogP contribution in [0.25, 0.3) is 0 Å². The summed E-state index contributed by atoms with van der Waals surface area (Å²) in [6.07, 6.45) is -6.88. The van der Waals surface area contributed by atoms with Crippen LogP contribution in [0, 0.1) is 0 Å². The molecule has 0 radical (unpaired) electrons. The molecule has 1 aliphatic heterocycles. The zero-order valence-electron chi connectivity index (χ0n) is 15.5. The number of rotatable bonds is 3. The smallest absolute Gasteiger partial charge is 0.224 e. The van der Waals surface area contributed by atoms with Gasteiger partial charge in [-0.1, -0.05) is 30.3 Å². The van der Waals surface area contributed by atoms with Crippen molar-refractivity contribution in [1.29, 1.82) is 0 Å². The van der Waals surface area contributed by atoms with Crippen molar-refractivity contribution >= 4 is 21.8 Å². The highest BCUT2D eigenvalue weighted by Crippen LogP contribution is 2.51. The Bertz CT molecular complexity index is 881. The van der Waals surface area contributed by atoms with Gasteiger partial charge in [-0.3, -0.25) is 9.69 Å². The molecule has 0 aromatic heterocycles. The van der Waals surface area contributed by atoms with E-state index in [4.69, 9.17) is 9.47 Å². The van der Waals surface area contributed by atoms with Gasteiger partial charge in [0.05, 0.1) is 24.6 Å². The number of carbonyl (C=O) groups is 1. The summed E-state index contributed by atoms with van der Waals surface area (Å²) in [5.74, 6) is -1.61. The van der Waals surface area contributed by atoms with E-state index >= 15 is 8.78 Å². The van der Waals surface area contributed by atoms with Crippen molar-refractivity contribution in [3.63, 3.8) is 0 Å². The van der Waals surface area contributed by atoms with Crippen LogP contribution in [0.3, 0.4) is 0 Å². The van der Waals surface area contributed by atoms with Gasteiger partial charge in [0.15, 0.2) is 24.0 Å². The molecule has 4 atom stereocenters. The van der Waals surface area contributed by atoms with Gasteiger partial charge < -0.3 is 9.47 Å². The average molecular weight is 458 g/mol. The highest BCUT2D eigenvalue weighted by atomic mass is 79.9. The van der Waals surface area contributed by atoms with Crippen molar-refractivity contribution in [3.05, 3.63) is 57.6 Å². The zero-order valence-corrected chi connectivity index (χ0v) is 17.0. The Labute approximate surface area is 169 Å². The molecule has 1 heterocycles. The van der Waals surface area contributed by atoms with Gasteiger partial charge in [0.25, 0.3) is 0 Å². The van der Waals surface area contributed by atoms with Crippen molar-refractivity contribution in [2.24, 2.45) is 0 Å². The van der Waals surface area contributed by atoms with Gasteiger partial charge in [-0.25, -0.2) is 13.2 Å². The number of amides is 1. The van der Waals surface area contributed by atoms with Crippen LogP contribution < -0.4 is 9.47 Å². The van der Waals surface area contributed by atoms with E-state index in [1.54, 1.807) is 30.3 Å². The summed E-state index contributed by atoms with van der Waals surface area (Å²) in [5.41, 5.74) is 0.551. The number of benzene rings is 2. The largest absolute Gasteiger partial charge is 0.493 e. The monoisotopic (exact) mass is 457 g/mol. The Morgan fingerprint density at radius 1 is 1.07 bits per heavy atom. The predicted octanol–water partition coefficient (Wildman–Crippen LogP) is 5.06. The molecular formula is C20H19BrF3NO3. The lowest BCUT2D eigenvalue weighted by Gasteiger charge is -2.31. The van der Waals surface area contributed by atoms with Crippen LogP contribution in [0.5, 0.6) is 11.5 Å². The SMILES string of the molecule is COc1cc2c(c(Br)c1OC)C(F)C(F)N(C(C)=O)C(F)C2c1ccccc1. The van der Waals surface area contributed by atoms with Crippen molar-refractivity contribution in [1.82, 2.24) is 4.90 Å². The number of ether oxygens (including phenoxy) is 2. The summed E-state index contributed by atoms with van der Waals surface area (Å²) in [5, 5.41) is 0. The van der Waals surface area contributed by atoms with Crippen LogP contribution in [-0.2, 0) is 4.79 Å². The molecule has 2 aromatic rings. The van der Waals surface area contributed by atoms with Crippen molar-refractivity contribution in [2.45, 2.75) is 31.6 Å². The molecule has 0 bridgehead atoms. The van der Waals surface area contributed by atoms with E-state index in [1.165, 1.54) is 20.3 Å². The van der Waals surface area contributed by atoms with Crippen LogP contribution in [-0.4, -0.2) is 37.6 Å². The standard InChI is InChI=1S/C20H19BrF3NO3/c1-10(26)25-19(23)14(11-7-5-4-6-8-11)12-9-13(27-2)18(28-3)16(21)15(12)17(22)20(25)24/h4-9,14,17,19-20H,1-3H3. The quantitative estimate of drug-likeness (QED) is 0.604. The Morgan fingerprint density at radius 3 is 2.25 bits per heavy atom. The Hall–Kier alpha value is -2.22. The maximum Gasteiger partial charge on any atom is 0.224 e. The molecule has 8 heteroatoms. The number of methoxy groups -OCH3 is 2. The van der Waals surface area contributed by atoms with Gasteiger partial charge in [0.1, 0.15) is 0 Å². The van der Waals surface area contributed by atoms with E-state index < -0.39 is 30.6 Å². The van der Waals surface area contributed by atoms with E-state index in [2.05, 4.69) is 15.9 Å². The fraction of sp³-hybridized carbons (Fsp3) is 0.350. The number of hydrogen-bond acceptors (Lipinski definition) is 3. The van der Waals surface area contributed by atoms with Gasteiger partial charge in [-0.15, -0.1) is 0 Å². The lowest BCUT2D eigenvalue weighted by atomic mass is 9.86. The molecule has 1 amide bonds. The molecule has 0 aliphatic carbocycles. The van der Waals surface area contributed by atoms with Crippen LogP contribution in [0.1, 0.15) is 35.7 Å². The van der Waals surface area contributed by atoms with E-state index in [-0.39, 0.29) is 27.1 Å². The number of hydrogen-bond donors (Lipinski definition) is 0. The molecule has 3 rings (SSSR count). The van der Waals surface area contributed by atoms with E-state index in [9.17, 15) is 9.18 Å². The minimum atomic E-state index is -2.49. The number of halogens is 4. The molecule has 4 unspecified atom stereocenters. The topological polar surface area (TPSA) is 38.8 Å². The van der Waals surface area contributed by atoms with Crippen LogP contribution in [0.15, 0.2) is 40.9 Å². The maximum absolute atomic E-state index is 15.6. The first-order chi connectivity index (χ1) is 13.3. The van der Waals surface area contributed by atoms with Crippen LogP contribution >= 0.6 is 15.9 Å². The van der Waals surface area contributed by atoms with Crippen LogP contribution in [0.2, 0.25) is 0 Å². The van der Waals surface area contributed by atoms with Crippen molar-refractivity contribution in [3.8, 4) is 11.5 Å². The summed E-state index contributed by atoms with van der Waals surface area (Å²) < 4.78 is 56.5. The van der Waals surface area contributed by atoms with Crippen molar-refractivity contribution in [2.75, 3.05) is 14.2 Å². The molecule has 0 N–H and O–H groups in total. The van der Waals surface area contributed by atoms with E-state index in [0.717, 1.165) is 6.92 Å². The Balaban J connectivity index is 2.37. The highest BCUT2D eigenvalue weighted by Gasteiger charge is 2.47. The summed E-state index contributed by atoms with van der Waals surface area (Å²) in [4.78, 5) is 12.3. The first kappa shape index (κ1) is 20.5. The van der Waals surface area contributed by atoms with Gasteiger partial charge in [-0.2, -0.15) is 0 Å². The Kier molecular flexibility index (Phi) is 5.88. The zero-order chi connectivity index (χ0) is 20.6. The molecule has 0 fully saturated rings. The van der Waals surface area contributed by atoms with E-state index in [0.29, 0.717) is 10.5 Å². The number of nitrogens with zero attached hydrogens (tertiary/aromatic N) is 1. The molecule has 2 aromatic carbocycles. The first-order valence-electron chi connectivity index (χ1n) is 8.53. The average Bonchev–Trinajstić information content (AvgIpc) is 2.75. The fourth-order valence-corrected chi connectivity index (χ4v) is 4.40. The number of alkyl halides is 3. The maximum atomic E-state index is 15.6. The molecule has 0 saturated heterocycles. The van der Waals surface area contributed by atoms with Crippen molar-refractivity contribution < 1.29 is 27.4 Å². The molecule has 150 valence electrons. The second-order valence-electron chi connectivity index (χ2n) is 6.39. The molecule has 0 saturated carbocycles. The Morgan fingerprint density at radius 2 is 1.71 bits per heavy atom. The van der Waals surface area contributed by atoms with Crippen LogP contribution in [0.4, 0.5) is 13.2 Å². The molecule has 0 spiro atoms. The fourth-order valence-electron chi connectivity index (χ4n) is 3.59. The van der Waals surface area contributed by atoms with Gasteiger partial charge in [0, 0.05) is 12.5 Å². The lowest BCUT2D eigenvalue weighted by Crippen LogP contribution is -2.45. The second kappa shape index (κ2) is 8.03. The van der Waals surface area contributed by atoms with Gasteiger partial charge >= 0.3 is 0 Å². The molecule has 4 nitrogen and oxygen atoms in total. The molecule has 28 heavy (non-hydrogen) atoms. The van der Waals surface area contributed by atoms with E-state index in [1.807, 2.05) is 0 Å².